The van der Waals surface area contributed by atoms with E-state index in [1.54, 1.807) is 11.8 Å². The van der Waals surface area contributed by atoms with Crippen molar-refractivity contribution in [3.8, 4) is 0 Å². The summed E-state index contributed by atoms with van der Waals surface area (Å²) >= 11 is 1.75. The minimum atomic E-state index is -0.464. The van der Waals surface area contributed by atoms with Gasteiger partial charge in [0, 0.05) is 23.6 Å². The van der Waals surface area contributed by atoms with Crippen molar-refractivity contribution in [2.24, 2.45) is 0 Å². The molecule has 1 aliphatic heterocycles. The van der Waals surface area contributed by atoms with Gasteiger partial charge in [0.2, 0.25) is 0 Å². The average Bonchev–Trinajstić information content (AvgIpc) is 2.85. The highest BCUT2D eigenvalue weighted by Gasteiger charge is 2.34. The van der Waals surface area contributed by atoms with Crippen LogP contribution in [0.4, 0.5) is 4.79 Å². The summed E-state index contributed by atoms with van der Waals surface area (Å²) in [6.07, 6.45) is 3.57. The van der Waals surface area contributed by atoms with Gasteiger partial charge in [-0.1, -0.05) is 19.9 Å². The Hall–Kier alpha value is -1.23. The van der Waals surface area contributed by atoms with Gasteiger partial charge in [0.05, 0.1) is 6.04 Å². The number of amides is 1. The average molecular weight is 322 g/mol. The van der Waals surface area contributed by atoms with Gasteiger partial charge in [-0.2, -0.15) is 0 Å². The molecule has 5 heteroatoms. The number of pyridine rings is 1. The molecule has 1 aromatic rings. The number of likely N-dealkylation sites (tertiary alicyclic amines) is 1. The van der Waals surface area contributed by atoms with E-state index in [1.165, 1.54) is 0 Å². The van der Waals surface area contributed by atoms with Gasteiger partial charge < -0.3 is 9.64 Å². The van der Waals surface area contributed by atoms with Crippen molar-refractivity contribution < 1.29 is 9.53 Å². The lowest BCUT2D eigenvalue weighted by Gasteiger charge is -2.29. The molecule has 1 saturated heterocycles. The van der Waals surface area contributed by atoms with Gasteiger partial charge in [0.1, 0.15) is 10.6 Å². The first-order chi connectivity index (χ1) is 10.3. The van der Waals surface area contributed by atoms with Gasteiger partial charge in [-0.3, -0.25) is 0 Å². The predicted molar refractivity (Wildman–Crippen MR) is 90.1 cm³/mol. The second kappa shape index (κ2) is 6.90. The summed E-state index contributed by atoms with van der Waals surface area (Å²) in [7, 11) is 0. The zero-order valence-corrected chi connectivity index (χ0v) is 14.9. The molecule has 0 saturated carbocycles. The number of carbonyl (C=O) groups is 1. The van der Waals surface area contributed by atoms with Crippen LogP contribution in [0.5, 0.6) is 0 Å². The molecular formula is C17H26N2O2S. The molecule has 0 N–H and O–H groups in total. The number of carbonyl (C=O) groups excluding carboxylic acids is 1. The highest BCUT2D eigenvalue weighted by Crippen LogP contribution is 2.38. The van der Waals surface area contributed by atoms with E-state index in [2.05, 4.69) is 24.9 Å². The lowest BCUT2D eigenvalue weighted by Crippen LogP contribution is -2.36. The van der Waals surface area contributed by atoms with E-state index in [0.29, 0.717) is 5.25 Å². The molecule has 0 spiro atoms. The number of thioether (sulfide) groups is 1. The monoisotopic (exact) mass is 322 g/mol. The van der Waals surface area contributed by atoms with Gasteiger partial charge in [-0.15, -0.1) is 11.8 Å². The maximum Gasteiger partial charge on any atom is 0.410 e. The Morgan fingerprint density at radius 2 is 2.18 bits per heavy atom. The lowest BCUT2D eigenvalue weighted by atomic mass is 10.1. The van der Waals surface area contributed by atoms with Crippen molar-refractivity contribution in [3.63, 3.8) is 0 Å². The molecule has 2 heterocycles. The van der Waals surface area contributed by atoms with Gasteiger partial charge in [0.15, 0.2) is 0 Å². The number of ether oxygens (including phenoxy) is 1. The van der Waals surface area contributed by atoms with Crippen molar-refractivity contribution in [2.45, 2.75) is 69.4 Å². The molecule has 1 aliphatic rings. The Morgan fingerprint density at radius 3 is 2.82 bits per heavy atom. The lowest BCUT2D eigenvalue weighted by molar-refractivity contribution is 0.0222. The Balaban J connectivity index is 2.22. The fraction of sp³-hybridized carbons (Fsp3) is 0.647. The molecule has 122 valence electrons. The van der Waals surface area contributed by atoms with Crippen LogP contribution in [-0.2, 0) is 4.74 Å². The Kier molecular flexibility index (Phi) is 5.37. The summed E-state index contributed by atoms with van der Waals surface area (Å²) in [5, 5.41) is 1.49. The summed E-state index contributed by atoms with van der Waals surface area (Å²) in [4.78, 5) is 18.8. The third kappa shape index (κ3) is 4.38. The first-order valence-electron chi connectivity index (χ1n) is 7.89. The molecule has 0 bridgehead atoms. The fourth-order valence-corrected chi connectivity index (χ4v) is 3.52. The zero-order chi connectivity index (χ0) is 16.3. The van der Waals surface area contributed by atoms with Gasteiger partial charge in [-0.25, -0.2) is 9.78 Å². The Bertz CT molecular complexity index is 526. The summed E-state index contributed by atoms with van der Waals surface area (Å²) in [5.41, 5.74) is 0.679. The SMILES string of the molecule is CC(C)Sc1ncccc1[C@@H]1CCCN1C(=O)OC(C)(C)C. The number of nitrogens with zero attached hydrogens (tertiary/aromatic N) is 2. The molecule has 0 radical (unpaired) electrons. The maximum absolute atomic E-state index is 12.5. The van der Waals surface area contributed by atoms with E-state index in [0.717, 1.165) is 30.0 Å². The summed E-state index contributed by atoms with van der Waals surface area (Å²) in [6, 6.07) is 4.11. The van der Waals surface area contributed by atoms with Crippen molar-refractivity contribution in [2.75, 3.05) is 6.54 Å². The number of aromatic nitrogens is 1. The van der Waals surface area contributed by atoms with Crippen LogP contribution in [0.2, 0.25) is 0 Å². The van der Waals surface area contributed by atoms with Crippen LogP contribution < -0.4 is 0 Å². The van der Waals surface area contributed by atoms with Crippen LogP contribution in [0, 0.1) is 0 Å². The number of hydrogen-bond donors (Lipinski definition) is 0. The normalized spacial score (nSPS) is 18.8. The minimum absolute atomic E-state index is 0.0739. The predicted octanol–water partition coefficient (Wildman–Crippen LogP) is 4.65. The smallest absolute Gasteiger partial charge is 0.410 e. The van der Waals surface area contributed by atoms with E-state index >= 15 is 0 Å². The fourth-order valence-electron chi connectivity index (χ4n) is 2.61. The van der Waals surface area contributed by atoms with Crippen molar-refractivity contribution >= 4 is 17.9 Å². The second-order valence-electron chi connectivity index (χ2n) is 6.90. The molecule has 4 nitrogen and oxygen atoms in total. The van der Waals surface area contributed by atoms with E-state index < -0.39 is 5.60 Å². The zero-order valence-electron chi connectivity index (χ0n) is 14.1. The van der Waals surface area contributed by atoms with Crippen LogP contribution in [0.25, 0.3) is 0 Å². The van der Waals surface area contributed by atoms with E-state index in [9.17, 15) is 4.79 Å². The quantitative estimate of drug-likeness (QED) is 0.759. The van der Waals surface area contributed by atoms with E-state index in [4.69, 9.17) is 4.74 Å². The molecule has 2 rings (SSSR count). The van der Waals surface area contributed by atoms with Crippen molar-refractivity contribution in [1.29, 1.82) is 0 Å². The molecule has 0 aliphatic carbocycles. The molecule has 1 atom stereocenters. The Morgan fingerprint density at radius 1 is 1.45 bits per heavy atom. The van der Waals surface area contributed by atoms with Crippen LogP contribution in [0.3, 0.4) is 0 Å². The van der Waals surface area contributed by atoms with Crippen LogP contribution in [0.15, 0.2) is 23.4 Å². The van der Waals surface area contributed by atoms with Crippen molar-refractivity contribution in [3.05, 3.63) is 23.9 Å². The Labute approximate surface area is 137 Å². The van der Waals surface area contributed by atoms with Crippen LogP contribution in [-0.4, -0.2) is 33.4 Å². The molecule has 1 aromatic heterocycles. The van der Waals surface area contributed by atoms with E-state index in [-0.39, 0.29) is 12.1 Å². The molecule has 0 unspecified atom stereocenters. The van der Waals surface area contributed by atoms with Gasteiger partial charge in [0.25, 0.3) is 0 Å². The molecule has 0 aromatic carbocycles. The number of rotatable bonds is 3. The third-order valence-electron chi connectivity index (χ3n) is 3.39. The van der Waals surface area contributed by atoms with Crippen LogP contribution >= 0.6 is 11.8 Å². The first-order valence-corrected chi connectivity index (χ1v) is 8.77. The summed E-state index contributed by atoms with van der Waals surface area (Å²) < 4.78 is 5.55. The number of hydrogen-bond acceptors (Lipinski definition) is 4. The van der Waals surface area contributed by atoms with Crippen molar-refractivity contribution in [1.82, 2.24) is 9.88 Å². The van der Waals surface area contributed by atoms with Gasteiger partial charge in [-0.05, 0) is 39.7 Å². The topological polar surface area (TPSA) is 42.4 Å². The largest absolute Gasteiger partial charge is 0.444 e. The van der Waals surface area contributed by atoms with Crippen LogP contribution in [0.1, 0.15) is 59.1 Å². The molecular weight excluding hydrogens is 296 g/mol. The maximum atomic E-state index is 12.5. The summed E-state index contributed by atoms with van der Waals surface area (Å²) in [5.74, 6) is 0. The third-order valence-corrected chi connectivity index (χ3v) is 4.42. The van der Waals surface area contributed by atoms with E-state index in [1.807, 2.05) is 37.9 Å². The first kappa shape index (κ1) is 17.1. The molecule has 1 amide bonds. The van der Waals surface area contributed by atoms with Gasteiger partial charge >= 0.3 is 6.09 Å². The standard InChI is InChI=1S/C17H26N2O2S/c1-12(2)22-15-13(8-6-10-18-15)14-9-7-11-19(14)16(20)21-17(3,4)5/h6,8,10,12,14H,7,9,11H2,1-5H3/t14-/m0/s1. The highest BCUT2D eigenvalue weighted by molar-refractivity contribution is 7.99. The molecule has 1 fully saturated rings. The highest BCUT2D eigenvalue weighted by atomic mass is 32.2. The second-order valence-corrected chi connectivity index (χ2v) is 8.46. The summed E-state index contributed by atoms with van der Waals surface area (Å²) in [6.45, 7) is 10.8. The molecule has 22 heavy (non-hydrogen) atoms. The minimum Gasteiger partial charge on any atom is -0.444 e.